The molecule has 0 aliphatic carbocycles. The first-order valence-electron chi connectivity index (χ1n) is 10.1. The summed E-state index contributed by atoms with van der Waals surface area (Å²) in [7, 11) is 0. The Bertz CT molecular complexity index is 817. The maximum Gasteiger partial charge on any atom is 0.201 e. The normalized spacial score (nSPS) is 19.3. The van der Waals surface area contributed by atoms with E-state index < -0.39 is 17.5 Å². The van der Waals surface area contributed by atoms with Crippen molar-refractivity contribution < 1.29 is 27.4 Å². The van der Waals surface area contributed by atoms with Crippen LogP contribution in [0.2, 0.25) is 0 Å². The molecule has 1 aliphatic rings. The summed E-state index contributed by atoms with van der Waals surface area (Å²) in [6.07, 6.45) is 2.27. The van der Waals surface area contributed by atoms with Crippen LogP contribution < -0.4 is 4.74 Å². The highest BCUT2D eigenvalue weighted by molar-refractivity contribution is 5.66. The Balaban J connectivity index is 1.71. The zero-order chi connectivity index (χ0) is 20.8. The van der Waals surface area contributed by atoms with E-state index in [0.717, 1.165) is 19.3 Å². The van der Waals surface area contributed by atoms with Gasteiger partial charge < -0.3 is 14.2 Å². The minimum Gasteiger partial charge on any atom is -0.491 e. The molecule has 2 aromatic carbocycles. The molecule has 6 heteroatoms. The summed E-state index contributed by atoms with van der Waals surface area (Å²) in [5, 5.41) is 0. The third-order valence-electron chi connectivity index (χ3n) is 5.25. The molecule has 158 valence electrons. The molecule has 1 saturated heterocycles. The van der Waals surface area contributed by atoms with Gasteiger partial charge >= 0.3 is 0 Å². The monoisotopic (exact) mass is 408 g/mol. The first kappa shape index (κ1) is 21.7. The smallest absolute Gasteiger partial charge is 0.201 e. The number of hydrogen-bond donors (Lipinski definition) is 0. The van der Waals surface area contributed by atoms with Crippen LogP contribution in [0.4, 0.5) is 13.2 Å². The van der Waals surface area contributed by atoms with Gasteiger partial charge in [0, 0.05) is 24.3 Å². The van der Waals surface area contributed by atoms with Crippen molar-refractivity contribution in [3.05, 3.63) is 53.3 Å². The van der Waals surface area contributed by atoms with Gasteiger partial charge in [0.15, 0.2) is 11.6 Å². The zero-order valence-corrected chi connectivity index (χ0v) is 16.8. The topological polar surface area (TPSA) is 27.7 Å². The van der Waals surface area contributed by atoms with Gasteiger partial charge in [0.1, 0.15) is 5.82 Å². The Hall–Kier alpha value is -2.05. The van der Waals surface area contributed by atoms with E-state index in [1.54, 1.807) is 19.1 Å². The second-order valence-corrected chi connectivity index (χ2v) is 7.16. The summed E-state index contributed by atoms with van der Waals surface area (Å²) >= 11 is 0. The maximum absolute atomic E-state index is 14.8. The standard InChI is InChI=1S/C23H27F3O3/c1-3-27-12-11-15-5-9-20(29-14-15)18-7-6-16(13-19(18)24)17-8-10-21(28-4-2)23(26)22(17)25/h6-8,10,13,15,20H,3-5,9,11-12,14H2,1-2H3. The van der Waals surface area contributed by atoms with Crippen molar-refractivity contribution in [1.29, 1.82) is 0 Å². The maximum atomic E-state index is 14.8. The molecule has 0 radical (unpaired) electrons. The highest BCUT2D eigenvalue weighted by atomic mass is 19.2. The van der Waals surface area contributed by atoms with Crippen LogP contribution in [0.5, 0.6) is 5.75 Å². The summed E-state index contributed by atoms with van der Waals surface area (Å²) in [4.78, 5) is 0. The van der Waals surface area contributed by atoms with Crippen molar-refractivity contribution >= 4 is 0 Å². The van der Waals surface area contributed by atoms with Crippen LogP contribution in [0.15, 0.2) is 30.3 Å². The van der Waals surface area contributed by atoms with Crippen molar-refractivity contribution in [3.63, 3.8) is 0 Å². The Morgan fingerprint density at radius 1 is 1.00 bits per heavy atom. The summed E-state index contributed by atoms with van der Waals surface area (Å²) < 4.78 is 59.6. The molecule has 0 saturated carbocycles. The van der Waals surface area contributed by atoms with Gasteiger partial charge in [-0.25, -0.2) is 8.78 Å². The van der Waals surface area contributed by atoms with Gasteiger partial charge in [-0.15, -0.1) is 0 Å². The molecular weight excluding hydrogens is 381 g/mol. The SMILES string of the molecule is CCOCCC1CCC(c2ccc(-c3ccc(OCC)c(F)c3F)cc2F)OC1. The van der Waals surface area contributed by atoms with Gasteiger partial charge in [0.05, 0.1) is 19.3 Å². The highest BCUT2D eigenvalue weighted by Crippen LogP contribution is 2.36. The number of hydrogen-bond acceptors (Lipinski definition) is 3. The Labute approximate surface area is 169 Å². The zero-order valence-electron chi connectivity index (χ0n) is 16.8. The van der Waals surface area contributed by atoms with Gasteiger partial charge in [-0.2, -0.15) is 4.39 Å². The summed E-state index contributed by atoms with van der Waals surface area (Å²) in [6, 6.07) is 7.19. The van der Waals surface area contributed by atoms with Gasteiger partial charge in [0.2, 0.25) is 5.82 Å². The lowest BCUT2D eigenvalue weighted by atomic mass is 9.91. The van der Waals surface area contributed by atoms with E-state index in [4.69, 9.17) is 14.2 Å². The number of benzene rings is 2. The van der Waals surface area contributed by atoms with Crippen molar-refractivity contribution in [3.8, 4) is 16.9 Å². The summed E-state index contributed by atoms with van der Waals surface area (Å²) in [6.45, 7) is 5.86. The van der Waals surface area contributed by atoms with Crippen LogP contribution in [0.1, 0.15) is 44.8 Å². The second-order valence-electron chi connectivity index (χ2n) is 7.16. The van der Waals surface area contributed by atoms with Gasteiger partial charge in [-0.05, 0) is 62.8 Å². The van der Waals surface area contributed by atoms with E-state index in [0.29, 0.717) is 31.3 Å². The third kappa shape index (κ3) is 5.11. The highest BCUT2D eigenvalue weighted by Gasteiger charge is 2.25. The molecule has 0 amide bonds. The second kappa shape index (κ2) is 10.1. The molecule has 2 aromatic rings. The lowest BCUT2D eigenvalue weighted by molar-refractivity contribution is -0.0275. The van der Waals surface area contributed by atoms with Crippen molar-refractivity contribution in [1.82, 2.24) is 0 Å². The first-order chi connectivity index (χ1) is 14.0. The summed E-state index contributed by atoms with van der Waals surface area (Å²) in [5.74, 6) is -2.33. The lowest BCUT2D eigenvalue weighted by Crippen LogP contribution is -2.22. The van der Waals surface area contributed by atoms with E-state index in [-0.39, 0.29) is 29.6 Å². The first-order valence-corrected chi connectivity index (χ1v) is 10.1. The molecule has 29 heavy (non-hydrogen) atoms. The van der Waals surface area contributed by atoms with Crippen molar-refractivity contribution in [2.24, 2.45) is 5.92 Å². The fraction of sp³-hybridized carbons (Fsp3) is 0.478. The molecule has 2 unspecified atom stereocenters. The van der Waals surface area contributed by atoms with Crippen LogP contribution in [-0.2, 0) is 9.47 Å². The fourth-order valence-corrected chi connectivity index (χ4v) is 3.65. The molecule has 3 rings (SSSR count). The lowest BCUT2D eigenvalue weighted by Gasteiger charge is -2.29. The average Bonchev–Trinajstić information content (AvgIpc) is 2.72. The molecule has 1 aliphatic heterocycles. The number of ether oxygens (including phenoxy) is 3. The molecule has 3 nitrogen and oxygen atoms in total. The predicted molar refractivity (Wildman–Crippen MR) is 105 cm³/mol. The van der Waals surface area contributed by atoms with Crippen LogP contribution in [0, 0.1) is 23.4 Å². The van der Waals surface area contributed by atoms with Crippen LogP contribution in [0.25, 0.3) is 11.1 Å². The number of halogens is 3. The summed E-state index contributed by atoms with van der Waals surface area (Å²) in [5.41, 5.74) is 0.719. The van der Waals surface area contributed by atoms with Crippen LogP contribution >= 0.6 is 0 Å². The van der Waals surface area contributed by atoms with Crippen molar-refractivity contribution in [2.45, 2.75) is 39.2 Å². The van der Waals surface area contributed by atoms with Crippen LogP contribution in [0.3, 0.4) is 0 Å². The van der Waals surface area contributed by atoms with E-state index in [1.165, 1.54) is 18.2 Å². The van der Waals surface area contributed by atoms with E-state index >= 15 is 0 Å². The molecule has 0 spiro atoms. The van der Waals surface area contributed by atoms with E-state index in [1.807, 2.05) is 6.92 Å². The quantitative estimate of drug-likeness (QED) is 0.497. The third-order valence-corrected chi connectivity index (χ3v) is 5.25. The fourth-order valence-electron chi connectivity index (χ4n) is 3.65. The Morgan fingerprint density at radius 2 is 1.83 bits per heavy atom. The molecule has 0 aromatic heterocycles. The minimum atomic E-state index is -1.07. The largest absolute Gasteiger partial charge is 0.491 e. The molecule has 2 atom stereocenters. The minimum absolute atomic E-state index is 0.00282. The predicted octanol–water partition coefficient (Wildman–Crippen LogP) is 6.06. The number of rotatable bonds is 8. The van der Waals surface area contributed by atoms with Crippen molar-refractivity contribution in [2.75, 3.05) is 26.4 Å². The molecule has 0 N–H and O–H groups in total. The average molecular weight is 408 g/mol. The van der Waals surface area contributed by atoms with E-state index in [9.17, 15) is 13.2 Å². The van der Waals surface area contributed by atoms with Gasteiger partial charge in [-0.3, -0.25) is 0 Å². The Kier molecular flexibility index (Phi) is 7.56. The molecule has 0 bridgehead atoms. The molecular formula is C23H27F3O3. The van der Waals surface area contributed by atoms with Crippen LogP contribution in [-0.4, -0.2) is 26.4 Å². The molecule has 1 fully saturated rings. The van der Waals surface area contributed by atoms with Gasteiger partial charge in [0.25, 0.3) is 0 Å². The van der Waals surface area contributed by atoms with Gasteiger partial charge in [-0.1, -0.05) is 12.1 Å². The molecule has 1 heterocycles. The Morgan fingerprint density at radius 3 is 2.48 bits per heavy atom. The van der Waals surface area contributed by atoms with E-state index in [2.05, 4.69) is 0 Å².